The lowest BCUT2D eigenvalue weighted by Gasteiger charge is -2.10. The molecular weight excluding hydrogens is 332 g/mol. The van der Waals surface area contributed by atoms with Crippen LogP contribution in [-0.2, 0) is 19.4 Å². The van der Waals surface area contributed by atoms with Gasteiger partial charge in [0.05, 0.1) is 23.3 Å². The minimum Gasteiger partial charge on any atom is -0.358 e. The van der Waals surface area contributed by atoms with Gasteiger partial charge in [0, 0.05) is 28.9 Å². The number of H-pyrrole nitrogens is 1. The van der Waals surface area contributed by atoms with Crippen molar-refractivity contribution in [2.24, 2.45) is 0 Å². The summed E-state index contributed by atoms with van der Waals surface area (Å²) in [5, 5.41) is 6.21. The zero-order valence-corrected chi connectivity index (χ0v) is 14.5. The van der Waals surface area contributed by atoms with Gasteiger partial charge in [0.1, 0.15) is 0 Å². The molecule has 25 heavy (non-hydrogen) atoms. The molecule has 0 atom stereocenters. The van der Waals surface area contributed by atoms with Crippen molar-refractivity contribution in [3.8, 4) is 0 Å². The highest BCUT2D eigenvalue weighted by atomic mass is 32.1. The van der Waals surface area contributed by atoms with Gasteiger partial charge >= 0.3 is 0 Å². The van der Waals surface area contributed by atoms with Crippen LogP contribution < -0.4 is 5.32 Å². The second-order valence-electron chi connectivity index (χ2n) is 6.53. The van der Waals surface area contributed by atoms with Gasteiger partial charge in [-0.3, -0.25) is 9.20 Å². The van der Waals surface area contributed by atoms with E-state index in [4.69, 9.17) is 0 Å². The number of amides is 1. The molecule has 5 rings (SSSR count). The summed E-state index contributed by atoms with van der Waals surface area (Å²) in [6, 6.07) is 5.99. The number of benzene rings is 1. The highest BCUT2D eigenvalue weighted by Gasteiger charge is 2.19. The van der Waals surface area contributed by atoms with Gasteiger partial charge in [-0.1, -0.05) is 12.1 Å². The number of aromatic nitrogens is 3. The third-order valence-corrected chi connectivity index (χ3v) is 5.72. The Bertz CT molecular complexity index is 1060. The molecule has 126 valence electrons. The molecule has 0 bridgehead atoms. The van der Waals surface area contributed by atoms with Gasteiger partial charge in [0.25, 0.3) is 5.91 Å². The Kier molecular flexibility index (Phi) is 3.38. The van der Waals surface area contributed by atoms with Crippen molar-refractivity contribution in [1.82, 2.24) is 19.7 Å². The van der Waals surface area contributed by atoms with Crippen molar-refractivity contribution >= 4 is 33.1 Å². The van der Waals surface area contributed by atoms with Gasteiger partial charge in [-0.15, -0.1) is 11.3 Å². The lowest BCUT2D eigenvalue weighted by molar-refractivity contribution is 0.0952. The Balaban J connectivity index is 1.43. The number of hydrogen-bond acceptors (Lipinski definition) is 3. The number of hydrogen-bond donors (Lipinski definition) is 2. The summed E-state index contributed by atoms with van der Waals surface area (Å²) in [5.74, 6) is -0.0550. The third-order valence-electron chi connectivity index (χ3n) is 4.95. The van der Waals surface area contributed by atoms with E-state index in [1.807, 2.05) is 34.3 Å². The second-order valence-corrected chi connectivity index (χ2v) is 7.40. The first kappa shape index (κ1) is 14.7. The van der Waals surface area contributed by atoms with Crippen LogP contribution in [0, 0.1) is 0 Å². The van der Waals surface area contributed by atoms with Gasteiger partial charge in [-0.25, -0.2) is 4.98 Å². The van der Waals surface area contributed by atoms with Crippen LogP contribution in [0.15, 0.2) is 36.0 Å². The maximum Gasteiger partial charge on any atom is 0.253 e. The number of fused-ring (bicyclic) bond motifs is 4. The van der Waals surface area contributed by atoms with Crippen LogP contribution in [0.3, 0.4) is 0 Å². The van der Waals surface area contributed by atoms with E-state index in [-0.39, 0.29) is 5.91 Å². The Labute approximate surface area is 148 Å². The predicted molar refractivity (Wildman–Crippen MR) is 99.2 cm³/mol. The summed E-state index contributed by atoms with van der Waals surface area (Å²) < 4.78 is 1.98. The number of carbonyl (C=O) groups is 1. The molecule has 4 aromatic rings. The number of aryl methyl sites for hydroxylation is 2. The first-order valence-corrected chi connectivity index (χ1v) is 9.49. The zero-order valence-electron chi connectivity index (χ0n) is 13.7. The van der Waals surface area contributed by atoms with E-state index in [1.165, 1.54) is 29.5 Å². The van der Waals surface area contributed by atoms with Crippen molar-refractivity contribution < 1.29 is 4.79 Å². The monoisotopic (exact) mass is 350 g/mol. The molecule has 5 nitrogen and oxygen atoms in total. The first-order chi connectivity index (χ1) is 12.3. The molecule has 1 aromatic carbocycles. The smallest absolute Gasteiger partial charge is 0.253 e. The molecule has 3 aromatic heterocycles. The Morgan fingerprint density at radius 1 is 1.32 bits per heavy atom. The van der Waals surface area contributed by atoms with Crippen LogP contribution >= 0.6 is 11.3 Å². The lowest BCUT2D eigenvalue weighted by Crippen LogP contribution is -2.23. The Morgan fingerprint density at radius 3 is 3.16 bits per heavy atom. The van der Waals surface area contributed by atoms with E-state index in [1.54, 1.807) is 11.3 Å². The molecule has 2 N–H and O–H groups in total. The average Bonchev–Trinajstić information content (AvgIpc) is 3.31. The Hall–Kier alpha value is -2.60. The minimum atomic E-state index is -0.0550. The van der Waals surface area contributed by atoms with Crippen LogP contribution in [0.4, 0.5) is 0 Å². The van der Waals surface area contributed by atoms with Gasteiger partial charge in [-0.2, -0.15) is 0 Å². The summed E-state index contributed by atoms with van der Waals surface area (Å²) in [6.45, 7) is 0.435. The number of thiazole rings is 1. The third kappa shape index (κ3) is 2.44. The molecule has 1 aliphatic carbocycles. The fourth-order valence-electron chi connectivity index (χ4n) is 3.75. The van der Waals surface area contributed by atoms with Crippen LogP contribution in [0.25, 0.3) is 15.9 Å². The molecule has 1 amide bonds. The molecule has 0 saturated carbocycles. The molecule has 0 spiro atoms. The van der Waals surface area contributed by atoms with Crippen molar-refractivity contribution in [1.29, 1.82) is 0 Å². The maximum absolute atomic E-state index is 12.7. The molecule has 0 fully saturated rings. The zero-order chi connectivity index (χ0) is 16.8. The highest BCUT2D eigenvalue weighted by molar-refractivity contribution is 7.15. The topological polar surface area (TPSA) is 62.2 Å². The number of nitrogens with zero attached hydrogens (tertiary/aromatic N) is 2. The van der Waals surface area contributed by atoms with E-state index < -0.39 is 0 Å². The summed E-state index contributed by atoms with van der Waals surface area (Å²) in [6.07, 6.45) is 8.57. The number of imidazole rings is 1. The predicted octanol–water partition coefficient (Wildman–Crippen LogP) is 3.69. The molecule has 0 aliphatic heterocycles. The maximum atomic E-state index is 12.7. The second kappa shape index (κ2) is 5.74. The summed E-state index contributed by atoms with van der Waals surface area (Å²) in [4.78, 5) is 21.7. The van der Waals surface area contributed by atoms with Crippen molar-refractivity contribution in [2.75, 3.05) is 0 Å². The van der Waals surface area contributed by atoms with Gasteiger partial charge < -0.3 is 10.3 Å². The minimum absolute atomic E-state index is 0.0550. The van der Waals surface area contributed by atoms with Gasteiger partial charge in [-0.05, 0) is 37.3 Å². The summed E-state index contributed by atoms with van der Waals surface area (Å²) >= 11 is 1.59. The lowest BCUT2D eigenvalue weighted by atomic mass is 9.95. The van der Waals surface area contributed by atoms with E-state index in [9.17, 15) is 4.79 Å². The van der Waals surface area contributed by atoms with Crippen LogP contribution in [-0.4, -0.2) is 20.3 Å². The van der Waals surface area contributed by atoms with Crippen LogP contribution in [0.1, 0.15) is 40.2 Å². The number of carbonyl (C=O) groups excluding carboxylic acids is 1. The van der Waals surface area contributed by atoms with Crippen LogP contribution in [0.5, 0.6) is 0 Å². The van der Waals surface area contributed by atoms with Crippen molar-refractivity contribution in [2.45, 2.75) is 32.2 Å². The number of nitrogens with one attached hydrogen (secondary N) is 2. The Morgan fingerprint density at radius 2 is 2.24 bits per heavy atom. The molecule has 0 unspecified atom stereocenters. The summed E-state index contributed by atoms with van der Waals surface area (Å²) in [7, 11) is 0. The molecule has 1 aliphatic rings. The van der Waals surface area contributed by atoms with Crippen molar-refractivity contribution in [3.05, 3.63) is 58.5 Å². The molecular formula is C19H18N4OS. The number of aromatic amines is 1. The van der Waals surface area contributed by atoms with E-state index >= 15 is 0 Å². The fourth-order valence-corrected chi connectivity index (χ4v) is 4.47. The number of rotatable bonds is 3. The largest absolute Gasteiger partial charge is 0.358 e. The van der Waals surface area contributed by atoms with E-state index in [0.29, 0.717) is 12.1 Å². The normalized spacial score (nSPS) is 14.1. The van der Waals surface area contributed by atoms with E-state index in [0.717, 1.165) is 29.0 Å². The SMILES string of the molecule is O=C(NCc1cn2ccsc2n1)c1cccc2c3c([nH]c12)CCCC3. The van der Waals surface area contributed by atoms with Gasteiger partial charge in [0.2, 0.25) is 0 Å². The molecule has 6 heteroatoms. The van der Waals surface area contributed by atoms with Crippen molar-refractivity contribution in [3.63, 3.8) is 0 Å². The fraction of sp³-hybridized carbons (Fsp3) is 0.263. The van der Waals surface area contributed by atoms with Gasteiger partial charge in [0.15, 0.2) is 4.96 Å². The highest BCUT2D eigenvalue weighted by Crippen LogP contribution is 2.30. The summed E-state index contributed by atoms with van der Waals surface area (Å²) in [5.41, 5.74) is 5.25. The average molecular weight is 350 g/mol. The molecule has 3 heterocycles. The first-order valence-electron chi connectivity index (χ1n) is 8.61. The van der Waals surface area contributed by atoms with Crippen LogP contribution in [0.2, 0.25) is 0 Å². The number of para-hydroxylation sites is 1. The molecule has 0 radical (unpaired) electrons. The van der Waals surface area contributed by atoms with E-state index in [2.05, 4.69) is 21.4 Å². The quantitative estimate of drug-likeness (QED) is 0.592. The standard InChI is InChI=1S/C19H18N4OS/c24-18(20-10-12-11-23-8-9-25-19(23)21-12)15-6-3-5-14-13-4-1-2-7-16(13)22-17(14)15/h3,5-6,8-9,11,22H,1-2,4,7,10H2,(H,20,24). The molecule has 0 saturated heterocycles.